The molecule has 0 aliphatic rings. The molecule has 2 aromatic rings. The van der Waals surface area contributed by atoms with Gasteiger partial charge in [0.2, 0.25) is 0 Å². The van der Waals surface area contributed by atoms with Crippen LogP contribution in [0.15, 0.2) is 47.7 Å². The Morgan fingerprint density at radius 3 is 2.58 bits per heavy atom. The van der Waals surface area contributed by atoms with E-state index in [0.717, 1.165) is 11.3 Å². The van der Waals surface area contributed by atoms with Crippen LogP contribution >= 0.6 is 0 Å². The van der Waals surface area contributed by atoms with E-state index < -0.39 is 0 Å². The Kier molecular flexibility index (Phi) is 3.97. The summed E-state index contributed by atoms with van der Waals surface area (Å²) in [6.07, 6.45) is 3.30. The number of carbonyl (C=O) groups excluding carboxylic acids is 1. The Morgan fingerprint density at radius 1 is 1.26 bits per heavy atom. The van der Waals surface area contributed by atoms with Crippen molar-refractivity contribution < 1.29 is 4.79 Å². The summed E-state index contributed by atoms with van der Waals surface area (Å²) < 4.78 is 0. The molecule has 2 rings (SSSR count). The van der Waals surface area contributed by atoms with E-state index in [-0.39, 0.29) is 5.91 Å². The molecule has 0 aliphatic carbocycles. The van der Waals surface area contributed by atoms with Crippen LogP contribution in [0.25, 0.3) is 0 Å². The zero-order chi connectivity index (χ0) is 13.7. The fourth-order valence-electron chi connectivity index (χ4n) is 1.56. The molecule has 1 amide bonds. The molecule has 0 aliphatic heterocycles. The maximum absolute atomic E-state index is 11.6. The van der Waals surface area contributed by atoms with Gasteiger partial charge < -0.3 is 9.88 Å². The summed E-state index contributed by atoms with van der Waals surface area (Å²) in [4.78, 5) is 16.4. The van der Waals surface area contributed by atoms with Crippen molar-refractivity contribution in [2.24, 2.45) is 5.10 Å². The molecule has 5 heteroatoms. The van der Waals surface area contributed by atoms with E-state index in [4.69, 9.17) is 0 Å². The van der Waals surface area contributed by atoms with E-state index in [2.05, 4.69) is 15.5 Å². The number of aromatic nitrogens is 1. The molecule has 0 atom stereocenters. The van der Waals surface area contributed by atoms with Crippen LogP contribution in [0.5, 0.6) is 0 Å². The SMILES string of the molecule is CN(C)c1ccc(/C=N\NC(=O)c2ccc[nH]2)cc1. The number of amides is 1. The van der Waals surface area contributed by atoms with E-state index >= 15 is 0 Å². The van der Waals surface area contributed by atoms with E-state index in [1.54, 1.807) is 24.5 Å². The van der Waals surface area contributed by atoms with Crippen molar-refractivity contribution >= 4 is 17.8 Å². The van der Waals surface area contributed by atoms with Crippen molar-refractivity contribution in [3.8, 4) is 0 Å². The van der Waals surface area contributed by atoms with Crippen molar-refractivity contribution in [3.63, 3.8) is 0 Å². The Labute approximate surface area is 111 Å². The van der Waals surface area contributed by atoms with Crippen LogP contribution in [0.4, 0.5) is 5.69 Å². The van der Waals surface area contributed by atoms with Crippen LogP contribution < -0.4 is 10.3 Å². The molecule has 0 spiro atoms. The van der Waals surface area contributed by atoms with Gasteiger partial charge in [0.25, 0.3) is 5.91 Å². The highest BCUT2D eigenvalue weighted by Crippen LogP contribution is 2.10. The van der Waals surface area contributed by atoms with Gasteiger partial charge in [-0.3, -0.25) is 4.79 Å². The van der Waals surface area contributed by atoms with Gasteiger partial charge in [-0.15, -0.1) is 0 Å². The number of benzene rings is 1. The summed E-state index contributed by atoms with van der Waals surface area (Å²) >= 11 is 0. The molecule has 19 heavy (non-hydrogen) atoms. The lowest BCUT2D eigenvalue weighted by Crippen LogP contribution is -2.17. The topological polar surface area (TPSA) is 60.5 Å². The molecule has 1 heterocycles. The lowest BCUT2D eigenvalue weighted by molar-refractivity contribution is 0.0951. The van der Waals surface area contributed by atoms with Gasteiger partial charge in [0, 0.05) is 26.0 Å². The average Bonchev–Trinajstić information content (AvgIpc) is 2.93. The first-order chi connectivity index (χ1) is 9.16. The van der Waals surface area contributed by atoms with Crippen molar-refractivity contribution in [3.05, 3.63) is 53.9 Å². The van der Waals surface area contributed by atoms with Gasteiger partial charge in [0.05, 0.1) is 6.21 Å². The van der Waals surface area contributed by atoms with Crippen molar-refractivity contribution in [1.82, 2.24) is 10.4 Å². The Balaban J connectivity index is 1.94. The van der Waals surface area contributed by atoms with Crippen LogP contribution in [0.1, 0.15) is 16.1 Å². The summed E-state index contributed by atoms with van der Waals surface area (Å²) in [5, 5.41) is 3.91. The van der Waals surface area contributed by atoms with Crippen LogP contribution in [0.3, 0.4) is 0 Å². The highest BCUT2D eigenvalue weighted by molar-refractivity contribution is 5.93. The zero-order valence-corrected chi connectivity index (χ0v) is 10.9. The minimum atomic E-state index is -0.258. The second kappa shape index (κ2) is 5.86. The van der Waals surface area contributed by atoms with E-state index in [0.29, 0.717) is 5.69 Å². The number of anilines is 1. The maximum atomic E-state index is 11.6. The quantitative estimate of drug-likeness (QED) is 0.647. The molecule has 98 valence electrons. The summed E-state index contributed by atoms with van der Waals surface area (Å²) in [6, 6.07) is 11.3. The van der Waals surface area contributed by atoms with Crippen LogP contribution in [0, 0.1) is 0 Å². The second-order valence-corrected chi connectivity index (χ2v) is 4.27. The van der Waals surface area contributed by atoms with Crippen LogP contribution in [0.2, 0.25) is 0 Å². The molecule has 1 aromatic heterocycles. The van der Waals surface area contributed by atoms with Gasteiger partial charge in [-0.1, -0.05) is 12.1 Å². The lowest BCUT2D eigenvalue weighted by atomic mass is 10.2. The van der Waals surface area contributed by atoms with Gasteiger partial charge >= 0.3 is 0 Å². The molecule has 0 saturated carbocycles. The molecule has 0 unspecified atom stereocenters. The number of nitrogens with one attached hydrogen (secondary N) is 2. The first kappa shape index (κ1) is 12.9. The van der Waals surface area contributed by atoms with Gasteiger partial charge in [-0.05, 0) is 29.8 Å². The van der Waals surface area contributed by atoms with Crippen LogP contribution in [-0.4, -0.2) is 31.2 Å². The average molecular weight is 256 g/mol. The Hall–Kier alpha value is -2.56. The van der Waals surface area contributed by atoms with E-state index in [9.17, 15) is 4.79 Å². The number of nitrogens with zero attached hydrogens (tertiary/aromatic N) is 2. The van der Waals surface area contributed by atoms with Gasteiger partial charge in [0.1, 0.15) is 5.69 Å². The number of rotatable bonds is 4. The number of hydrogen-bond donors (Lipinski definition) is 2. The molecule has 0 radical (unpaired) electrons. The fourth-order valence-corrected chi connectivity index (χ4v) is 1.56. The maximum Gasteiger partial charge on any atom is 0.287 e. The third kappa shape index (κ3) is 3.45. The standard InChI is InChI=1S/C14H16N4O/c1-18(2)12-7-5-11(6-8-12)10-16-17-14(19)13-4-3-9-15-13/h3-10,15H,1-2H3,(H,17,19)/b16-10-. The van der Waals surface area contributed by atoms with Gasteiger partial charge in [-0.25, -0.2) is 5.43 Å². The smallest absolute Gasteiger partial charge is 0.287 e. The molecule has 0 saturated heterocycles. The molecule has 0 bridgehead atoms. The largest absolute Gasteiger partial charge is 0.378 e. The summed E-state index contributed by atoms with van der Waals surface area (Å²) in [5.41, 5.74) is 4.99. The number of aromatic amines is 1. The Morgan fingerprint density at radius 2 is 2.00 bits per heavy atom. The first-order valence-corrected chi connectivity index (χ1v) is 5.91. The third-order valence-corrected chi connectivity index (χ3v) is 2.63. The minimum absolute atomic E-state index is 0.258. The third-order valence-electron chi connectivity index (χ3n) is 2.63. The van der Waals surface area contributed by atoms with Crippen molar-refractivity contribution in [2.45, 2.75) is 0 Å². The molecular formula is C14H16N4O. The van der Waals surface area contributed by atoms with Gasteiger partial charge in [-0.2, -0.15) is 5.10 Å². The molecule has 5 nitrogen and oxygen atoms in total. The molecule has 0 fully saturated rings. The normalized spacial score (nSPS) is 10.6. The van der Waals surface area contributed by atoms with Crippen LogP contribution in [-0.2, 0) is 0 Å². The first-order valence-electron chi connectivity index (χ1n) is 5.91. The molecular weight excluding hydrogens is 240 g/mol. The molecule has 1 aromatic carbocycles. The monoisotopic (exact) mass is 256 g/mol. The van der Waals surface area contributed by atoms with E-state index in [1.807, 2.05) is 43.3 Å². The second-order valence-electron chi connectivity index (χ2n) is 4.27. The predicted molar refractivity (Wildman–Crippen MR) is 76.6 cm³/mol. The minimum Gasteiger partial charge on any atom is -0.378 e. The van der Waals surface area contributed by atoms with Gasteiger partial charge in [0.15, 0.2) is 0 Å². The van der Waals surface area contributed by atoms with E-state index in [1.165, 1.54) is 0 Å². The summed E-state index contributed by atoms with van der Waals surface area (Å²) in [5.74, 6) is -0.258. The Bertz CT molecular complexity index is 556. The zero-order valence-electron chi connectivity index (χ0n) is 10.9. The molecule has 2 N–H and O–H groups in total. The fraction of sp³-hybridized carbons (Fsp3) is 0.143. The lowest BCUT2D eigenvalue weighted by Gasteiger charge is -2.11. The summed E-state index contributed by atoms with van der Waals surface area (Å²) in [6.45, 7) is 0. The highest BCUT2D eigenvalue weighted by atomic mass is 16.2. The van der Waals surface area contributed by atoms with Crippen molar-refractivity contribution in [2.75, 3.05) is 19.0 Å². The number of carbonyl (C=O) groups is 1. The highest BCUT2D eigenvalue weighted by Gasteiger charge is 2.02. The number of hydrazone groups is 1. The van der Waals surface area contributed by atoms with Crippen molar-refractivity contribution in [1.29, 1.82) is 0 Å². The predicted octanol–water partition coefficient (Wildman–Crippen LogP) is 1.84. The number of H-pyrrole nitrogens is 1. The number of hydrogen-bond acceptors (Lipinski definition) is 3. The summed E-state index contributed by atoms with van der Waals surface area (Å²) in [7, 11) is 3.97.